The standard InChI is InChI=1S/C18H28N.H2O/c1-19(14-8-3-9-15-19)18(17-12-6-7-13-17)16-10-4-2-5-11-16;/h2,4-5,10-11,17-18H,3,6-9,12-15H2,1H3;1H2/q+1;/p-1. The van der Waals surface area contributed by atoms with E-state index in [-0.39, 0.29) is 5.48 Å². The lowest BCUT2D eigenvalue weighted by molar-refractivity contribution is -0.947. The van der Waals surface area contributed by atoms with Crippen LogP contribution in [0.15, 0.2) is 30.3 Å². The van der Waals surface area contributed by atoms with E-state index in [9.17, 15) is 0 Å². The van der Waals surface area contributed by atoms with Gasteiger partial charge >= 0.3 is 0 Å². The molecule has 20 heavy (non-hydrogen) atoms. The van der Waals surface area contributed by atoms with Gasteiger partial charge in [0.25, 0.3) is 0 Å². The molecule has 1 saturated carbocycles. The lowest BCUT2D eigenvalue weighted by Gasteiger charge is -2.47. The highest BCUT2D eigenvalue weighted by molar-refractivity contribution is 5.18. The zero-order chi connectivity index (χ0) is 13.1. The van der Waals surface area contributed by atoms with E-state index in [2.05, 4.69) is 37.4 Å². The van der Waals surface area contributed by atoms with Crippen LogP contribution in [-0.2, 0) is 0 Å². The van der Waals surface area contributed by atoms with Crippen molar-refractivity contribution in [2.24, 2.45) is 5.92 Å². The number of likely N-dealkylation sites (tertiary alicyclic amines) is 1. The summed E-state index contributed by atoms with van der Waals surface area (Å²) < 4.78 is 1.30. The molecule has 2 fully saturated rings. The van der Waals surface area contributed by atoms with Crippen molar-refractivity contribution in [3.05, 3.63) is 35.9 Å². The zero-order valence-electron chi connectivity index (χ0n) is 12.8. The molecule has 112 valence electrons. The molecule has 0 spiro atoms. The Hall–Kier alpha value is -0.860. The van der Waals surface area contributed by atoms with E-state index < -0.39 is 0 Å². The molecule has 1 aromatic carbocycles. The Kier molecular flexibility index (Phi) is 5.22. The van der Waals surface area contributed by atoms with Gasteiger partial charge in [-0.2, -0.15) is 0 Å². The number of piperidine rings is 1. The maximum absolute atomic E-state index is 2.52. The summed E-state index contributed by atoms with van der Waals surface area (Å²) in [4.78, 5) is 0. The first-order chi connectivity index (χ1) is 9.30. The van der Waals surface area contributed by atoms with Crippen LogP contribution in [0.4, 0.5) is 0 Å². The lowest BCUT2D eigenvalue weighted by atomic mass is 9.87. The predicted octanol–water partition coefficient (Wildman–Crippen LogP) is 4.37. The molecule has 1 unspecified atom stereocenters. The second kappa shape index (κ2) is 6.73. The number of rotatable bonds is 3. The SMILES string of the molecule is C[N+]1(C(c2ccccc2)C2CCCC2)CCCCC1.[OH-]. The largest absolute Gasteiger partial charge is 0.870 e. The highest BCUT2D eigenvalue weighted by Crippen LogP contribution is 2.43. The molecule has 1 N–H and O–H groups in total. The second-order valence-electron chi connectivity index (χ2n) is 6.89. The van der Waals surface area contributed by atoms with E-state index in [1.807, 2.05) is 0 Å². The van der Waals surface area contributed by atoms with Gasteiger partial charge < -0.3 is 9.96 Å². The summed E-state index contributed by atoms with van der Waals surface area (Å²) in [6.45, 7) is 2.77. The van der Waals surface area contributed by atoms with E-state index in [1.165, 1.54) is 62.5 Å². The normalized spacial score (nSPS) is 24.1. The Morgan fingerprint density at radius 2 is 1.50 bits per heavy atom. The molecule has 2 heteroatoms. The van der Waals surface area contributed by atoms with E-state index >= 15 is 0 Å². The van der Waals surface area contributed by atoms with Gasteiger partial charge in [-0.05, 0) is 32.1 Å². The smallest absolute Gasteiger partial charge is 0.117 e. The van der Waals surface area contributed by atoms with Gasteiger partial charge in [0, 0.05) is 11.5 Å². The fourth-order valence-corrected chi connectivity index (χ4v) is 4.58. The minimum Gasteiger partial charge on any atom is -0.870 e. The highest BCUT2D eigenvalue weighted by Gasteiger charge is 2.41. The first kappa shape index (κ1) is 15.5. The number of quaternary nitrogens is 1. The summed E-state index contributed by atoms with van der Waals surface area (Å²) in [5.74, 6) is 0.922. The van der Waals surface area contributed by atoms with Crippen LogP contribution in [0.25, 0.3) is 0 Å². The molecular weight excluding hydrogens is 246 g/mol. The molecule has 1 aromatic rings. The van der Waals surface area contributed by atoms with Crippen molar-refractivity contribution in [1.82, 2.24) is 0 Å². The van der Waals surface area contributed by atoms with Crippen molar-refractivity contribution in [1.29, 1.82) is 0 Å². The van der Waals surface area contributed by atoms with Crippen LogP contribution < -0.4 is 0 Å². The summed E-state index contributed by atoms with van der Waals surface area (Å²) in [6, 6.07) is 12.1. The van der Waals surface area contributed by atoms with Crippen LogP contribution in [-0.4, -0.2) is 30.1 Å². The average Bonchev–Trinajstić information content (AvgIpc) is 2.94. The molecule has 1 aliphatic heterocycles. The Morgan fingerprint density at radius 1 is 0.900 bits per heavy atom. The van der Waals surface area contributed by atoms with Gasteiger partial charge in [0.15, 0.2) is 0 Å². The summed E-state index contributed by atoms with van der Waals surface area (Å²) in [7, 11) is 2.52. The molecular formula is C18H29NO. The van der Waals surface area contributed by atoms with E-state index in [4.69, 9.17) is 0 Å². The number of nitrogens with zero attached hydrogens (tertiary/aromatic N) is 1. The van der Waals surface area contributed by atoms with Crippen LogP contribution >= 0.6 is 0 Å². The molecule has 0 radical (unpaired) electrons. The van der Waals surface area contributed by atoms with E-state index in [0.717, 1.165) is 12.0 Å². The minimum atomic E-state index is 0. The molecule has 1 saturated heterocycles. The second-order valence-corrected chi connectivity index (χ2v) is 6.89. The maximum atomic E-state index is 2.52. The third-order valence-corrected chi connectivity index (χ3v) is 5.50. The first-order valence-corrected chi connectivity index (χ1v) is 8.19. The van der Waals surface area contributed by atoms with Crippen LogP contribution in [0, 0.1) is 5.92 Å². The van der Waals surface area contributed by atoms with Crippen molar-refractivity contribution in [3.63, 3.8) is 0 Å². The monoisotopic (exact) mass is 275 g/mol. The summed E-state index contributed by atoms with van der Waals surface area (Å²) in [6.07, 6.45) is 10.1. The minimum absolute atomic E-state index is 0. The topological polar surface area (TPSA) is 30.0 Å². The van der Waals surface area contributed by atoms with Crippen LogP contribution in [0.5, 0.6) is 0 Å². The van der Waals surface area contributed by atoms with Gasteiger partial charge in [0.1, 0.15) is 6.04 Å². The van der Waals surface area contributed by atoms with Crippen molar-refractivity contribution in [3.8, 4) is 0 Å². The van der Waals surface area contributed by atoms with Gasteiger partial charge in [0.2, 0.25) is 0 Å². The van der Waals surface area contributed by atoms with Crippen molar-refractivity contribution in [2.75, 3.05) is 20.1 Å². The Labute approximate surface area is 123 Å². The molecule has 0 amide bonds. The lowest BCUT2D eigenvalue weighted by Crippen LogP contribution is -2.52. The summed E-state index contributed by atoms with van der Waals surface area (Å²) in [5, 5.41) is 0. The van der Waals surface area contributed by atoms with Crippen LogP contribution in [0.1, 0.15) is 56.6 Å². The van der Waals surface area contributed by atoms with E-state index in [1.54, 1.807) is 5.56 Å². The van der Waals surface area contributed by atoms with E-state index in [0.29, 0.717) is 0 Å². The van der Waals surface area contributed by atoms with Crippen molar-refractivity contribution < 1.29 is 9.96 Å². The average molecular weight is 275 g/mol. The third kappa shape index (κ3) is 3.07. The van der Waals surface area contributed by atoms with Gasteiger partial charge in [-0.1, -0.05) is 43.2 Å². The molecule has 2 aliphatic rings. The predicted molar refractivity (Wildman–Crippen MR) is 82.8 cm³/mol. The fraction of sp³-hybridized carbons (Fsp3) is 0.667. The van der Waals surface area contributed by atoms with Crippen molar-refractivity contribution >= 4 is 0 Å². The first-order valence-electron chi connectivity index (χ1n) is 8.19. The molecule has 2 nitrogen and oxygen atoms in total. The molecule has 1 aliphatic carbocycles. The quantitative estimate of drug-likeness (QED) is 0.753. The highest BCUT2D eigenvalue weighted by atomic mass is 16.0. The number of hydrogen-bond acceptors (Lipinski definition) is 1. The fourth-order valence-electron chi connectivity index (χ4n) is 4.58. The van der Waals surface area contributed by atoms with Crippen molar-refractivity contribution in [2.45, 2.75) is 51.0 Å². The van der Waals surface area contributed by atoms with Crippen LogP contribution in [0.2, 0.25) is 0 Å². The Morgan fingerprint density at radius 3 is 2.10 bits per heavy atom. The molecule has 3 rings (SSSR count). The number of hydrogen-bond donors (Lipinski definition) is 0. The molecule has 0 bridgehead atoms. The van der Waals surface area contributed by atoms with Gasteiger partial charge in [-0.15, -0.1) is 0 Å². The molecule has 1 atom stereocenters. The third-order valence-electron chi connectivity index (χ3n) is 5.50. The van der Waals surface area contributed by atoms with Gasteiger partial charge in [-0.3, -0.25) is 0 Å². The van der Waals surface area contributed by atoms with Gasteiger partial charge in [0.05, 0.1) is 20.1 Å². The summed E-state index contributed by atoms with van der Waals surface area (Å²) in [5.41, 5.74) is 1.60. The zero-order valence-corrected chi connectivity index (χ0v) is 12.8. The molecule has 0 aromatic heterocycles. The Bertz CT molecular complexity index is 391. The molecule has 1 heterocycles. The Balaban J connectivity index is 0.00000147. The van der Waals surface area contributed by atoms with Crippen LogP contribution in [0.3, 0.4) is 0 Å². The summed E-state index contributed by atoms with van der Waals surface area (Å²) >= 11 is 0. The van der Waals surface area contributed by atoms with Gasteiger partial charge in [-0.25, -0.2) is 0 Å². The maximum Gasteiger partial charge on any atom is 0.117 e. The number of benzene rings is 1.